The molecule has 0 aromatic heterocycles. The first-order valence-corrected chi connectivity index (χ1v) is 9.74. The maximum atomic E-state index is 11.5. The predicted molar refractivity (Wildman–Crippen MR) is 112 cm³/mol. The Bertz CT molecular complexity index is 917. The lowest BCUT2D eigenvalue weighted by Crippen LogP contribution is -2.47. The summed E-state index contributed by atoms with van der Waals surface area (Å²) in [6, 6.07) is 9.30. The molecule has 0 spiro atoms. The molecular formula is C19H20Cl2N4O4. The number of hydrogen-bond acceptors (Lipinski definition) is 6. The molecule has 8 nitrogen and oxygen atoms in total. The number of ether oxygens (including phenoxy) is 1. The van der Waals surface area contributed by atoms with Gasteiger partial charge in [0.1, 0.15) is 12.4 Å². The summed E-state index contributed by atoms with van der Waals surface area (Å²) in [6.45, 7) is 4.15. The van der Waals surface area contributed by atoms with Crippen molar-refractivity contribution in [2.24, 2.45) is 5.73 Å². The second-order valence-corrected chi connectivity index (χ2v) is 7.42. The van der Waals surface area contributed by atoms with E-state index in [1.807, 2.05) is 0 Å². The number of nitro benzene ring substituents is 1. The largest absolute Gasteiger partial charge is 0.491 e. The lowest BCUT2D eigenvalue weighted by Gasteiger charge is -2.36. The zero-order valence-electron chi connectivity index (χ0n) is 15.5. The minimum absolute atomic E-state index is 0.0212. The summed E-state index contributed by atoms with van der Waals surface area (Å²) in [5, 5.41) is 11.6. The van der Waals surface area contributed by atoms with Gasteiger partial charge in [0.15, 0.2) is 0 Å². The molecule has 0 atom stereocenters. The fourth-order valence-corrected chi connectivity index (χ4v) is 3.65. The molecule has 1 aliphatic rings. The van der Waals surface area contributed by atoms with E-state index in [-0.39, 0.29) is 11.3 Å². The average Bonchev–Trinajstić information content (AvgIpc) is 2.69. The summed E-state index contributed by atoms with van der Waals surface area (Å²) in [7, 11) is 0. The van der Waals surface area contributed by atoms with Crippen LogP contribution in [0.25, 0.3) is 0 Å². The van der Waals surface area contributed by atoms with Gasteiger partial charge >= 0.3 is 0 Å². The van der Waals surface area contributed by atoms with Gasteiger partial charge in [-0.15, -0.1) is 0 Å². The lowest BCUT2D eigenvalue weighted by molar-refractivity contribution is -0.384. The van der Waals surface area contributed by atoms with Gasteiger partial charge in [0.2, 0.25) is 0 Å². The molecule has 2 aromatic carbocycles. The minimum Gasteiger partial charge on any atom is -0.491 e. The van der Waals surface area contributed by atoms with E-state index in [4.69, 9.17) is 33.7 Å². The van der Waals surface area contributed by atoms with Gasteiger partial charge in [0.05, 0.1) is 21.2 Å². The summed E-state index contributed by atoms with van der Waals surface area (Å²) in [5.74, 6) is -0.172. The molecule has 154 valence electrons. The number of carbonyl (C=O) groups excluding carboxylic acids is 1. The normalized spacial score (nSPS) is 14.6. The maximum absolute atomic E-state index is 11.5. The smallest absolute Gasteiger partial charge is 0.271 e. The van der Waals surface area contributed by atoms with Crippen molar-refractivity contribution < 1.29 is 14.5 Å². The fraction of sp³-hybridized carbons (Fsp3) is 0.316. The zero-order valence-corrected chi connectivity index (χ0v) is 17.0. The highest BCUT2D eigenvalue weighted by atomic mass is 35.5. The molecule has 29 heavy (non-hydrogen) atoms. The second kappa shape index (κ2) is 9.30. The molecule has 0 radical (unpaired) electrons. The third kappa shape index (κ3) is 5.29. The van der Waals surface area contributed by atoms with Crippen LogP contribution in [-0.2, 0) is 0 Å². The zero-order chi connectivity index (χ0) is 21.0. The number of halogens is 2. The molecule has 1 aliphatic heterocycles. The maximum Gasteiger partial charge on any atom is 0.271 e. The van der Waals surface area contributed by atoms with Crippen molar-refractivity contribution in [1.82, 2.24) is 4.90 Å². The predicted octanol–water partition coefficient (Wildman–Crippen LogP) is 3.20. The van der Waals surface area contributed by atoms with Crippen LogP contribution in [0.3, 0.4) is 0 Å². The van der Waals surface area contributed by atoms with Crippen molar-refractivity contribution in [1.29, 1.82) is 0 Å². The van der Waals surface area contributed by atoms with E-state index >= 15 is 0 Å². The van der Waals surface area contributed by atoms with Gasteiger partial charge in [0.25, 0.3) is 11.6 Å². The summed E-state index contributed by atoms with van der Waals surface area (Å²) < 4.78 is 5.72. The van der Waals surface area contributed by atoms with Crippen molar-refractivity contribution in [3.8, 4) is 5.75 Å². The number of carbonyl (C=O) groups is 1. The molecule has 3 rings (SSSR count). The highest BCUT2D eigenvalue weighted by molar-refractivity contribution is 6.33. The number of nitrogens with zero attached hydrogens (tertiary/aromatic N) is 3. The Morgan fingerprint density at radius 3 is 2.48 bits per heavy atom. The van der Waals surface area contributed by atoms with Crippen molar-refractivity contribution in [2.45, 2.75) is 0 Å². The number of nitrogens with two attached hydrogens (primary N) is 1. The van der Waals surface area contributed by atoms with Crippen molar-refractivity contribution in [3.63, 3.8) is 0 Å². The molecule has 0 bridgehead atoms. The molecule has 2 aromatic rings. The van der Waals surface area contributed by atoms with Gasteiger partial charge in [-0.05, 0) is 24.3 Å². The summed E-state index contributed by atoms with van der Waals surface area (Å²) in [5.41, 5.74) is 6.40. The van der Waals surface area contributed by atoms with Gasteiger partial charge < -0.3 is 15.4 Å². The highest BCUT2D eigenvalue weighted by Gasteiger charge is 2.20. The topological polar surface area (TPSA) is 102 Å². The Hall–Kier alpha value is -2.55. The molecular weight excluding hydrogens is 419 g/mol. The van der Waals surface area contributed by atoms with E-state index in [0.717, 1.165) is 31.9 Å². The Kier molecular flexibility index (Phi) is 6.79. The minimum atomic E-state index is -0.587. The standard InChI is InChI=1S/C19H20Cl2N4O4/c20-13-1-4-18(15(11-13)19(22)26)29-10-9-23-5-7-24(8-6-23)17-3-2-14(25(27)28)12-16(17)21/h1-4,11-12H,5-10H2,(H2,22,26). The summed E-state index contributed by atoms with van der Waals surface area (Å²) in [6.07, 6.45) is 0. The summed E-state index contributed by atoms with van der Waals surface area (Å²) in [4.78, 5) is 26.2. The number of hydrogen-bond donors (Lipinski definition) is 1. The third-order valence-electron chi connectivity index (χ3n) is 4.73. The van der Waals surface area contributed by atoms with Gasteiger partial charge in [0, 0.05) is 49.9 Å². The number of anilines is 1. The van der Waals surface area contributed by atoms with Crippen LogP contribution >= 0.6 is 23.2 Å². The molecule has 10 heteroatoms. The van der Waals surface area contributed by atoms with Gasteiger partial charge in [-0.1, -0.05) is 23.2 Å². The van der Waals surface area contributed by atoms with Crippen LogP contribution in [0.4, 0.5) is 11.4 Å². The second-order valence-electron chi connectivity index (χ2n) is 6.57. The van der Waals surface area contributed by atoms with Crippen LogP contribution in [0, 0.1) is 10.1 Å². The first kappa shape index (κ1) is 21.2. The van der Waals surface area contributed by atoms with E-state index in [1.54, 1.807) is 18.2 Å². The monoisotopic (exact) mass is 438 g/mol. The Balaban J connectivity index is 1.51. The van der Waals surface area contributed by atoms with Crippen molar-refractivity contribution >= 4 is 40.5 Å². The number of rotatable bonds is 7. The number of nitro groups is 1. The van der Waals surface area contributed by atoms with E-state index < -0.39 is 10.8 Å². The molecule has 1 fully saturated rings. The molecule has 1 amide bonds. The Labute approximate surface area is 177 Å². The first-order valence-electron chi connectivity index (χ1n) is 8.98. The average molecular weight is 439 g/mol. The number of piperazine rings is 1. The molecule has 0 unspecified atom stereocenters. The van der Waals surface area contributed by atoms with Crippen molar-refractivity contribution in [2.75, 3.05) is 44.2 Å². The highest BCUT2D eigenvalue weighted by Crippen LogP contribution is 2.30. The Morgan fingerprint density at radius 2 is 1.86 bits per heavy atom. The molecule has 2 N–H and O–H groups in total. The number of amides is 1. The number of non-ortho nitro benzene ring substituents is 1. The van der Waals surface area contributed by atoms with E-state index in [9.17, 15) is 14.9 Å². The van der Waals surface area contributed by atoms with E-state index in [0.29, 0.717) is 28.9 Å². The van der Waals surface area contributed by atoms with Crippen LogP contribution in [-0.4, -0.2) is 55.1 Å². The molecule has 0 aliphatic carbocycles. The van der Waals surface area contributed by atoms with Gasteiger partial charge in [-0.3, -0.25) is 19.8 Å². The SMILES string of the molecule is NC(=O)c1cc(Cl)ccc1OCCN1CCN(c2ccc([N+](=O)[O-])cc2Cl)CC1. The van der Waals surface area contributed by atoms with Crippen molar-refractivity contribution in [3.05, 3.63) is 62.1 Å². The third-order valence-corrected chi connectivity index (χ3v) is 5.27. The lowest BCUT2D eigenvalue weighted by atomic mass is 10.2. The Morgan fingerprint density at radius 1 is 1.14 bits per heavy atom. The number of benzene rings is 2. The van der Waals surface area contributed by atoms with Gasteiger partial charge in [-0.2, -0.15) is 0 Å². The van der Waals surface area contributed by atoms with Crippen LogP contribution in [0.2, 0.25) is 10.0 Å². The quantitative estimate of drug-likeness (QED) is 0.525. The van der Waals surface area contributed by atoms with Crippen LogP contribution in [0.15, 0.2) is 36.4 Å². The number of primary amides is 1. The van der Waals surface area contributed by atoms with E-state index in [2.05, 4.69) is 9.80 Å². The fourth-order valence-electron chi connectivity index (χ4n) is 3.18. The molecule has 0 saturated carbocycles. The first-order chi connectivity index (χ1) is 13.8. The van der Waals surface area contributed by atoms with Crippen LogP contribution < -0.4 is 15.4 Å². The molecule has 1 heterocycles. The van der Waals surface area contributed by atoms with E-state index in [1.165, 1.54) is 18.2 Å². The van der Waals surface area contributed by atoms with Gasteiger partial charge in [-0.25, -0.2) is 0 Å². The molecule has 1 saturated heterocycles. The van der Waals surface area contributed by atoms with Crippen LogP contribution in [0.5, 0.6) is 5.75 Å². The summed E-state index contributed by atoms with van der Waals surface area (Å²) >= 11 is 12.1. The van der Waals surface area contributed by atoms with Crippen LogP contribution in [0.1, 0.15) is 10.4 Å².